The molecule has 3 unspecified atom stereocenters. The molecule has 2 heterocycles. The second kappa shape index (κ2) is 5.50. The summed E-state index contributed by atoms with van der Waals surface area (Å²) in [6, 6.07) is 6.52. The Morgan fingerprint density at radius 2 is 2.25 bits per heavy atom. The van der Waals surface area contributed by atoms with Crippen molar-refractivity contribution in [1.29, 1.82) is 0 Å². The lowest BCUT2D eigenvalue weighted by atomic mass is 10.0. The Bertz CT molecular complexity index is 480. The molecule has 3 rings (SSSR count). The zero-order valence-electron chi connectivity index (χ0n) is 12.3. The van der Waals surface area contributed by atoms with Gasteiger partial charge in [-0.05, 0) is 26.0 Å². The van der Waals surface area contributed by atoms with Crippen molar-refractivity contribution in [3.8, 4) is 11.5 Å². The molecule has 3 atom stereocenters. The zero-order valence-corrected chi connectivity index (χ0v) is 12.3. The number of fused-ring (bicyclic) bond motifs is 1. The van der Waals surface area contributed by atoms with Crippen molar-refractivity contribution in [2.45, 2.75) is 26.0 Å². The van der Waals surface area contributed by atoms with Crippen LogP contribution in [-0.4, -0.2) is 38.9 Å². The van der Waals surface area contributed by atoms with Gasteiger partial charge < -0.3 is 14.4 Å². The van der Waals surface area contributed by atoms with Gasteiger partial charge in [0, 0.05) is 31.1 Å². The minimum absolute atomic E-state index is 0.216. The van der Waals surface area contributed by atoms with Crippen molar-refractivity contribution in [2.24, 2.45) is 5.92 Å². The molecule has 5 nitrogen and oxygen atoms in total. The monoisotopic (exact) mass is 277 g/mol. The molecule has 0 spiro atoms. The van der Waals surface area contributed by atoms with E-state index in [0.29, 0.717) is 12.0 Å². The van der Waals surface area contributed by atoms with E-state index < -0.39 is 0 Å². The molecular weight excluding hydrogens is 254 g/mol. The summed E-state index contributed by atoms with van der Waals surface area (Å²) in [5, 5.41) is 0. The summed E-state index contributed by atoms with van der Waals surface area (Å²) >= 11 is 0. The maximum atomic E-state index is 5.92. The highest BCUT2D eigenvalue weighted by molar-refractivity contribution is 5.63. The molecule has 0 amide bonds. The molecule has 110 valence electrons. The molecule has 1 aromatic rings. The lowest BCUT2D eigenvalue weighted by molar-refractivity contribution is 0.209. The van der Waals surface area contributed by atoms with Crippen LogP contribution in [0.2, 0.25) is 0 Å². The van der Waals surface area contributed by atoms with E-state index in [9.17, 15) is 0 Å². The van der Waals surface area contributed by atoms with Crippen LogP contribution in [0.15, 0.2) is 18.2 Å². The molecule has 2 N–H and O–H groups in total. The third-order valence-electron chi connectivity index (χ3n) is 4.17. The van der Waals surface area contributed by atoms with E-state index in [2.05, 4.69) is 35.7 Å². The van der Waals surface area contributed by atoms with Crippen LogP contribution in [0, 0.1) is 5.92 Å². The fourth-order valence-corrected chi connectivity index (χ4v) is 2.96. The molecule has 2 aliphatic heterocycles. The summed E-state index contributed by atoms with van der Waals surface area (Å²) in [6.07, 6.45) is 0.216. The molecule has 0 aliphatic carbocycles. The number of methoxy groups -OCH3 is 1. The number of nitrogens with zero attached hydrogens (tertiary/aromatic N) is 1. The quantitative estimate of drug-likeness (QED) is 0.874. The number of nitrogens with one attached hydrogen (secondary N) is 2. The van der Waals surface area contributed by atoms with Gasteiger partial charge in [0.25, 0.3) is 0 Å². The average molecular weight is 277 g/mol. The van der Waals surface area contributed by atoms with Crippen molar-refractivity contribution in [2.75, 3.05) is 31.6 Å². The van der Waals surface area contributed by atoms with Crippen LogP contribution in [0.4, 0.5) is 5.69 Å². The van der Waals surface area contributed by atoms with E-state index >= 15 is 0 Å². The second-order valence-corrected chi connectivity index (χ2v) is 5.74. The highest BCUT2D eigenvalue weighted by Gasteiger charge is 2.29. The molecule has 0 aromatic heterocycles. The predicted molar refractivity (Wildman–Crippen MR) is 79.4 cm³/mol. The summed E-state index contributed by atoms with van der Waals surface area (Å²) in [5.74, 6) is 2.43. The first-order valence-electron chi connectivity index (χ1n) is 7.25. The van der Waals surface area contributed by atoms with Crippen LogP contribution in [-0.2, 0) is 0 Å². The first-order valence-corrected chi connectivity index (χ1v) is 7.25. The van der Waals surface area contributed by atoms with Crippen molar-refractivity contribution >= 4 is 5.69 Å². The predicted octanol–water partition coefficient (Wildman–Crippen LogP) is 1.39. The van der Waals surface area contributed by atoms with Gasteiger partial charge in [-0.3, -0.25) is 10.9 Å². The molecule has 2 aliphatic rings. The van der Waals surface area contributed by atoms with Crippen molar-refractivity contribution < 1.29 is 9.47 Å². The smallest absolute Gasteiger partial charge is 0.143 e. The number of rotatable bonds is 3. The highest BCUT2D eigenvalue weighted by Crippen LogP contribution is 2.37. The third kappa shape index (κ3) is 2.55. The van der Waals surface area contributed by atoms with Crippen LogP contribution < -0.4 is 25.2 Å². The van der Waals surface area contributed by atoms with Gasteiger partial charge in [-0.15, -0.1) is 0 Å². The van der Waals surface area contributed by atoms with Crippen LogP contribution in [0.5, 0.6) is 11.5 Å². The van der Waals surface area contributed by atoms with Crippen LogP contribution >= 0.6 is 0 Å². The summed E-state index contributed by atoms with van der Waals surface area (Å²) in [5.41, 5.74) is 7.66. The second-order valence-electron chi connectivity index (χ2n) is 5.74. The standard InChI is InChI=1S/C15H23N3O2/c1-10-8-18(9-12-7-16-17-11(12)2)14-6-13(19-3)4-5-15(14)20-10/h4-6,10-12,16-17H,7-9H2,1-3H3. The first-order chi connectivity index (χ1) is 9.67. The number of ether oxygens (including phenoxy) is 2. The Hall–Kier alpha value is -1.46. The maximum absolute atomic E-state index is 5.92. The van der Waals surface area contributed by atoms with E-state index in [-0.39, 0.29) is 6.10 Å². The van der Waals surface area contributed by atoms with Crippen molar-refractivity contribution in [3.63, 3.8) is 0 Å². The topological polar surface area (TPSA) is 45.8 Å². The highest BCUT2D eigenvalue weighted by atomic mass is 16.5. The van der Waals surface area contributed by atoms with Crippen molar-refractivity contribution in [3.05, 3.63) is 18.2 Å². The Morgan fingerprint density at radius 1 is 1.40 bits per heavy atom. The molecule has 1 fully saturated rings. The Balaban J connectivity index is 1.84. The first kappa shape index (κ1) is 13.5. The van der Waals surface area contributed by atoms with Gasteiger partial charge in [0.2, 0.25) is 0 Å². The Kier molecular flexibility index (Phi) is 3.72. The van der Waals surface area contributed by atoms with Crippen molar-refractivity contribution in [1.82, 2.24) is 10.9 Å². The van der Waals surface area contributed by atoms with Gasteiger partial charge in [0.1, 0.15) is 17.6 Å². The van der Waals surface area contributed by atoms with Gasteiger partial charge in [0.05, 0.1) is 19.3 Å². The molecule has 0 radical (unpaired) electrons. The fourth-order valence-electron chi connectivity index (χ4n) is 2.96. The molecule has 0 bridgehead atoms. The molecule has 5 heteroatoms. The molecule has 20 heavy (non-hydrogen) atoms. The summed E-state index contributed by atoms with van der Waals surface area (Å²) < 4.78 is 11.3. The van der Waals surface area contributed by atoms with Gasteiger partial charge in [-0.1, -0.05) is 0 Å². The SMILES string of the molecule is COc1ccc2c(c1)N(CC1CNNC1C)CC(C)O2. The van der Waals surface area contributed by atoms with E-state index in [1.807, 2.05) is 12.1 Å². The van der Waals surface area contributed by atoms with Gasteiger partial charge in [-0.25, -0.2) is 0 Å². The number of hydrogen-bond acceptors (Lipinski definition) is 5. The van der Waals surface area contributed by atoms with Crippen LogP contribution in [0.3, 0.4) is 0 Å². The minimum atomic E-state index is 0.216. The minimum Gasteiger partial charge on any atom is -0.497 e. The normalized spacial score (nSPS) is 28.9. The number of hydrazine groups is 1. The maximum Gasteiger partial charge on any atom is 0.143 e. The number of anilines is 1. The molecular formula is C15H23N3O2. The van der Waals surface area contributed by atoms with Gasteiger partial charge in [-0.2, -0.15) is 0 Å². The van der Waals surface area contributed by atoms with E-state index in [1.54, 1.807) is 7.11 Å². The summed E-state index contributed by atoms with van der Waals surface area (Å²) in [4.78, 5) is 2.42. The largest absolute Gasteiger partial charge is 0.497 e. The van der Waals surface area contributed by atoms with Gasteiger partial charge in [0.15, 0.2) is 0 Å². The van der Waals surface area contributed by atoms with E-state index in [4.69, 9.17) is 9.47 Å². The Morgan fingerprint density at radius 3 is 2.95 bits per heavy atom. The number of hydrogen-bond donors (Lipinski definition) is 2. The Labute approximate surface area is 120 Å². The summed E-state index contributed by atoms with van der Waals surface area (Å²) in [6.45, 7) is 7.29. The summed E-state index contributed by atoms with van der Waals surface area (Å²) in [7, 11) is 1.70. The average Bonchev–Trinajstić information content (AvgIpc) is 2.84. The molecule has 0 saturated carbocycles. The zero-order chi connectivity index (χ0) is 14.1. The third-order valence-corrected chi connectivity index (χ3v) is 4.17. The van der Waals surface area contributed by atoms with Gasteiger partial charge >= 0.3 is 0 Å². The molecule has 1 saturated heterocycles. The lowest BCUT2D eigenvalue weighted by Gasteiger charge is -2.37. The number of benzene rings is 1. The molecule has 1 aromatic carbocycles. The van der Waals surface area contributed by atoms with E-state index in [0.717, 1.165) is 36.8 Å². The van der Waals surface area contributed by atoms with Crippen LogP contribution in [0.25, 0.3) is 0 Å². The lowest BCUT2D eigenvalue weighted by Crippen LogP contribution is -2.43. The fraction of sp³-hybridized carbons (Fsp3) is 0.600. The van der Waals surface area contributed by atoms with E-state index in [1.165, 1.54) is 0 Å². The van der Waals surface area contributed by atoms with Crippen LogP contribution in [0.1, 0.15) is 13.8 Å².